The molecule has 2 atom stereocenters. The van der Waals surface area contributed by atoms with Gasteiger partial charge in [-0.1, -0.05) is 6.92 Å². The first-order valence-electron chi connectivity index (χ1n) is 6.70. The van der Waals surface area contributed by atoms with Crippen LogP contribution in [-0.2, 0) is 6.54 Å². The summed E-state index contributed by atoms with van der Waals surface area (Å²) < 4.78 is 5.66. The molecule has 3 heterocycles. The molecular formula is C14H20N4O. The zero-order valence-corrected chi connectivity index (χ0v) is 11.4. The number of nitrogens with zero attached hydrogens (tertiary/aromatic N) is 2. The summed E-state index contributed by atoms with van der Waals surface area (Å²) in [5.74, 6) is 2.31. The number of aromatic amines is 1. The molecule has 1 aliphatic heterocycles. The van der Waals surface area contributed by atoms with Crippen LogP contribution in [0.5, 0.6) is 0 Å². The molecule has 3 N–H and O–H groups in total. The van der Waals surface area contributed by atoms with Gasteiger partial charge in [-0.3, -0.25) is 10.00 Å². The van der Waals surface area contributed by atoms with Crippen LogP contribution in [0, 0.1) is 12.8 Å². The SMILES string of the molecule is Cc1ccc(-c2[nH]ncc2CN2CC(C)C(N)C2)o1. The van der Waals surface area contributed by atoms with Crippen molar-refractivity contribution in [3.05, 3.63) is 29.7 Å². The smallest absolute Gasteiger partial charge is 0.152 e. The minimum Gasteiger partial charge on any atom is -0.460 e. The average molecular weight is 260 g/mol. The van der Waals surface area contributed by atoms with Gasteiger partial charge in [0.15, 0.2) is 5.76 Å². The maximum absolute atomic E-state index is 6.07. The number of rotatable bonds is 3. The first-order chi connectivity index (χ1) is 9.13. The van der Waals surface area contributed by atoms with E-state index in [1.54, 1.807) is 0 Å². The highest BCUT2D eigenvalue weighted by Crippen LogP contribution is 2.26. The van der Waals surface area contributed by atoms with Gasteiger partial charge in [-0.15, -0.1) is 0 Å². The Morgan fingerprint density at radius 1 is 1.47 bits per heavy atom. The highest BCUT2D eigenvalue weighted by Gasteiger charge is 2.27. The molecule has 0 aromatic carbocycles. The summed E-state index contributed by atoms with van der Waals surface area (Å²) in [6.07, 6.45) is 1.88. The van der Waals surface area contributed by atoms with Gasteiger partial charge in [0.1, 0.15) is 11.5 Å². The summed E-state index contributed by atoms with van der Waals surface area (Å²) in [6.45, 7) is 7.01. The van der Waals surface area contributed by atoms with E-state index in [0.29, 0.717) is 5.92 Å². The zero-order valence-electron chi connectivity index (χ0n) is 11.4. The second-order valence-corrected chi connectivity index (χ2v) is 5.52. The molecular weight excluding hydrogens is 240 g/mol. The van der Waals surface area contributed by atoms with E-state index in [0.717, 1.165) is 42.4 Å². The molecule has 2 aromatic rings. The van der Waals surface area contributed by atoms with Crippen molar-refractivity contribution in [2.24, 2.45) is 11.7 Å². The Morgan fingerprint density at radius 3 is 2.95 bits per heavy atom. The van der Waals surface area contributed by atoms with Gasteiger partial charge in [-0.25, -0.2) is 0 Å². The van der Waals surface area contributed by atoms with Crippen molar-refractivity contribution >= 4 is 0 Å². The molecule has 0 aliphatic carbocycles. The van der Waals surface area contributed by atoms with Crippen molar-refractivity contribution in [1.29, 1.82) is 0 Å². The Hall–Kier alpha value is -1.59. The Labute approximate surface area is 112 Å². The summed E-state index contributed by atoms with van der Waals surface area (Å²) in [7, 11) is 0. The Kier molecular flexibility index (Phi) is 3.16. The van der Waals surface area contributed by atoms with Crippen LogP contribution in [0.15, 0.2) is 22.7 Å². The second kappa shape index (κ2) is 4.83. The molecule has 2 unspecified atom stereocenters. The average Bonchev–Trinajstić information content (AvgIpc) is 3.03. The van der Waals surface area contributed by atoms with E-state index in [4.69, 9.17) is 10.2 Å². The van der Waals surface area contributed by atoms with Crippen molar-refractivity contribution in [1.82, 2.24) is 15.1 Å². The fourth-order valence-electron chi connectivity index (χ4n) is 2.68. The van der Waals surface area contributed by atoms with Gasteiger partial charge in [0, 0.05) is 31.2 Å². The van der Waals surface area contributed by atoms with E-state index in [9.17, 15) is 0 Å². The third-order valence-corrected chi connectivity index (χ3v) is 3.84. The second-order valence-electron chi connectivity index (χ2n) is 5.52. The molecule has 1 aliphatic rings. The minimum atomic E-state index is 0.279. The Morgan fingerprint density at radius 2 is 2.32 bits per heavy atom. The number of aryl methyl sites for hydroxylation is 1. The van der Waals surface area contributed by atoms with Gasteiger partial charge in [0.05, 0.1) is 6.20 Å². The van der Waals surface area contributed by atoms with Crippen LogP contribution in [0.4, 0.5) is 0 Å². The summed E-state index contributed by atoms with van der Waals surface area (Å²) in [6, 6.07) is 4.22. The molecule has 5 heteroatoms. The number of nitrogens with two attached hydrogens (primary N) is 1. The summed E-state index contributed by atoms with van der Waals surface area (Å²) in [5.41, 5.74) is 8.20. The first kappa shape index (κ1) is 12.4. The van der Waals surface area contributed by atoms with Crippen LogP contribution in [0.2, 0.25) is 0 Å². The van der Waals surface area contributed by atoms with Crippen molar-refractivity contribution in [2.75, 3.05) is 13.1 Å². The fourth-order valence-corrected chi connectivity index (χ4v) is 2.68. The highest BCUT2D eigenvalue weighted by atomic mass is 16.3. The van der Waals surface area contributed by atoms with Crippen LogP contribution in [0.3, 0.4) is 0 Å². The van der Waals surface area contributed by atoms with Crippen molar-refractivity contribution in [2.45, 2.75) is 26.4 Å². The number of hydrogen-bond donors (Lipinski definition) is 2. The Balaban J connectivity index is 1.78. The maximum atomic E-state index is 6.07. The third-order valence-electron chi connectivity index (χ3n) is 3.84. The van der Waals surface area contributed by atoms with E-state index in [1.165, 1.54) is 0 Å². The number of aromatic nitrogens is 2. The van der Waals surface area contributed by atoms with Crippen LogP contribution in [0.25, 0.3) is 11.5 Å². The van der Waals surface area contributed by atoms with Crippen LogP contribution < -0.4 is 5.73 Å². The summed E-state index contributed by atoms with van der Waals surface area (Å²) in [5, 5.41) is 7.18. The van der Waals surface area contributed by atoms with E-state index < -0.39 is 0 Å². The van der Waals surface area contributed by atoms with E-state index >= 15 is 0 Å². The fraction of sp³-hybridized carbons (Fsp3) is 0.500. The molecule has 1 fully saturated rings. The van der Waals surface area contributed by atoms with Gasteiger partial charge in [-0.05, 0) is 25.0 Å². The number of furan rings is 1. The van der Waals surface area contributed by atoms with Crippen LogP contribution in [-0.4, -0.2) is 34.2 Å². The molecule has 0 amide bonds. The highest BCUT2D eigenvalue weighted by molar-refractivity contribution is 5.56. The normalized spacial score (nSPS) is 24.2. The molecule has 5 nitrogen and oxygen atoms in total. The van der Waals surface area contributed by atoms with Crippen molar-refractivity contribution in [3.8, 4) is 11.5 Å². The number of H-pyrrole nitrogens is 1. The van der Waals surface area contributed by atoms with Gasteiger partial charge < -0.3 is 10.2 Å². The van der Waals surface area contributed by atoms with E-state index in [2.05, 4.69) is 22.0 Å². The van der Waals surface area contributed by atoms with E-state index in [-0.39, 0.29) is 6.04 Å². The molecule has 1 saturated heterocycles. The van der Waals surface area contributed by atoms with Crippen LogP contribution >= 0.6 is 0 Å². The predicted octanol–water partition coefficient (Wildman–Crippen LogP) is 1.76. The molecule has 0 spiro atoms. The van der Waals surface area contributed by atoms with Gasteiger partial charge in [-0.2, -0.15) is 5.10 Å². The molecule has 2 aromatic heterocycles. The number of likely N-dealkylation sites (tertiary alicyclic amines) is 1. The van der Waals surface area contributed by atoms with Gasteiger partial charge in [0.25, 0.3) is 0 Å². The molecule has 0 bridgehead atoms. The van der Waals surface area contributed by atoms with E-state index in [1.807, 2.05) is 25.3 Å². The van der Waals surface area contributed by atoms with Crippen molar-refractivity contribution < 1.29 is 4.42 Å². The molecule has 0 radical (unpaired) electrons. The van der Waals surface area contributed by atoms with Gasteiger partial charge >= 0.3 is 0 Å². The minimum absolute atomic E-state index is 0.279. The Bertz CT molecular complexity index is 549. The summed E-state index contributed by atoms with van der Waals surface area (Å²) >= 11 is 0. The quantitative estimate of drug-likeness (QED) is 0.882. The monoisotopic (exact) mass is 260 g/mol. The first-order valence-corrected chi connectivity index (χ1v) is 6.70. The lowest BCUT2D eigenvalue weighted by atomic mass is 10.1. The third kappa shape index (κ3) is 2.43. The molecule has 0 saturated carbocycles. The molecule has 3 rings (SSSR count). The van der Waals surface area contributed by atoms with Gasteiger partial charge in [0.2, 0.25) is 0 Å². The summed E-state index contributed by atoms with van der Waals surface area (Å²) in [4.78, 5) is 2.37. The maximum Gasteiger partial charge on any atom is 0.152 e. The molecule has 102 valence electrons. The molecule has 19 heavy (non-hydrogen) atoms. The lowest BCUT2D eigenvalue weighted by Crippen LogP contribution is -2.28. The van der Waals surface area contributed by atoms with Crippen LogP contribution in [0.1, 0.15) is 18.2 Å². The topological polar surface area (TPSA) is 71.1 Å². The largest absolute Gasteiger partial charge is 0.460 e. The lowest BCUT2D eigenvalue weighted by Gasteiger charge is -2.14. The number of nitrogens with one attached hydrogen (secondary N) is 1. The number of hydrogen-bond acceptors (Lipinski definition) is 4. The zero-order chi connectivity index (χ0) is 13.4. The standard InChI is InChI=1S/C14H20N4O/c1-9-6-18(8-12(9)15)7-11-5-16-17-14(11)13-4-3-10(2)19-13/h3-5,9,12H,6-8,15H2,1-2H3,(H,16,17). The van der Waals surface area contributed by atoms with Crippen molar-refractivity contribution in [3.63, 3.8) is 0 Å². The lowest BCUT2D eigenvalue weighted by molar-refractivity contribution is 0.319. The predicted molar refractivity (Wildman–Crippen MR) is 73.4 cm³/mol.